The number of nitrogens with zero attached hydrogens (tertiary/aromatic N) is 5. The van der Waals surface area contributed by atoms with E-state index in [0.717, 1.165) is 39.7 Å². The molecular formula is C19H16N6O2. The fourth-order valence-corrected chi connectivity index (χ4v) is 3.19. The summed E-state index contributed by atoms with van der Waals surface area (Å²) in [4.78, 5) is 4.56. The van der Waals surface area contributed by atoms with E-state index in [1.165, 1.54) is 0 Å². The second kappa shape index (κ2) is 6.24. The fourth-order valence-electron chi connectivity index (χ4n) is 3.19. The van der Waals surface area contributed by atoms with E-state index in [-0.39, 0.29) is 0 Å². The van der Waals surface area contributed by atoms with E-state index in [2.05, 4.69) is 32.5 Å². The number of tetrazole rings is 1. The van der Waals surface area contributed by atoms with Gasteiger partial charge in [-0.05, 0) is 42.0 Å². The van der Waals surface area contributed by atoms with E-state index in [9.17, 15) is 0 Å². The highest BCUT2D eigenvalue weighted by Crippen LogP contribution is 2.35. The standard InChI is InChI=1S/C19H16N6O2/c1-12-2-3-13(18-21-23-24-22-18)10-15(12)25-7-6-20-19(25)14-4-5-16-17(11-14)27-9-8-26-16/h2-7,10-11H,8-9H2,1H3,(H,21,22,23,24). The van der Waals surface area contributed by atoms with Crippen molar-refractivity contribution in [1.29, 1.82) is 0 Å². The molecule has 0 fully saturated rings. The number of hydrogen-bond acceptors (Lipinski definition) is 6. The maximum absolute atomic E-state index is 5.71. The highest BCUT2D eigenvalue weighted by molar-refractivity contribution is 5.67. The van der Waals surface area contributed by atoms with Gasteiger partial charge in [0.15, 0.2) is 11.5 Å². The molecule has 2 aromatic heterocycles. The van der Waals surface area contributed by atoms with Crippen LogP contribution in [0, 0.1) is 6.92 Å². The van der Waals surface area contributed by atoms with Gasteiger partial charge < -0.3 is 9.47 Å². The molecule has 0 aliphatic carbocycles. The number of benzene rings is 2. The molecule has 3 heterocycles. The summed E-state index contributed by atoms with van der Waals surface area (Å²) >= 11 is 0. The van der Waals surface area contributed by atoms with Gasteiger partial charge in [-0.2, -0.15) is 5.21 Å². The van der Waals surface area contributed by atoms with Gasteiger partial charge in [0.1, 0.15) is 19.0 Å². The van der Waals surface area contributed by atoms with Crippen molar-refractivity contribution in [1.82, 2.24) is 30.2 Å². The van der Waals surface area contributed by atoms with Crippen molar-refractivity contribution in [2.75, 3.05) is 13.2 Å². The van der Waals surface area contributed by atoms with Gasteiger partial charge in [-0.15, -0.1) is 10.2 Å². The number of nitrogens with one attached hydrogen (secondary N) is 1. The van der Waals surface area contributed by atoms with Crippen molar-refractivity contribution >= 4 is 0 Å². The van der Waals surface area contributed by atoms with Crippen molar-refractivity contribution in [3.05, 3.63) is 54.4 Å². The minimum Gasteiger partial charge on any atom is -0.486 e. The summed E-state index contributed by atoms with van der Waals surface area (Å²) in [6.45, 7) is 3.18. The molecule has 0 amide bonds. The van der Waals surface area contributed by atoms with Crippen LogP contribution in [0.3, 0.4) is 0 Å². The SMILES string of the molecule is Cc1ccc(-c2nn[nH]n2)cc1-n1ccnc1-c1ccc2c(c1)OCCO2. The van der Waals surface area contributed by atoms with Crippen LogP contribution in [0.1, 0.15) is 5.56 Å². The van der Waals surface area contributed by atoms with Crippen LogP contribution in [-0.4, -0.2) is 43.4 Å². The largest absolute Gasteiger partial charge is 0.486 e. The first kappa shape index (κ1) is 15.6. The molecule has 2 aromatic carbocycles. The predicted molar refractivity (Wildman–Crippen MR) is 97.9 cm³/mol. The van der Waals surface area contributed by atoms with Crippen molar-refractivity contribution in [3.63, 3.8) is 0 Å². The quantitative estimate of drug-likeness (QED) is 0.604. The number of aromatic amines is 1. The Balaban J connectivity index is 1.61. The predicted octanol–water partition coefficient (Wildman–Crippen LogP) is 2.80. The van der Waals surface area contributed by atoms with Crippen LogP contribution in [0.15, 0.2) is 48.8 Å². The molecule has 0 saturated heterocycles. The van der Waals surface area contributed by atoms with Crippen LogP contribution in [0.5, 0.6) is 11.5 Å². The number of fused-ring (bicyclic) bond motifs is 1. The second-order valence-electron chi connectivity index (χ2n) is 6.22. The van der Waals surface area contributed by atoms with E-state index in [1.54, 1.807) is 6.20 Å². The van der Waals surface area contributed by atoms with E-state index in [1.807, 2.05) is 47.2 Å². The van der Waals surface area contributed by atoms with Crippen molar-refractivity contribution in [2.24, 2.45) is 0 Å². The molecule has 8 heteroatoms. The fraction of sp³-hybridized carbons (Fsp3) is 0.158. The minimum absolute atomic E-state index is 0.552. The molecule has 1 N–H and O–H groups in total. The third-order valence-corrected chi connectivity index (χ3v) is 4.51. The second-order valence-corrected chi connectivity index (χ2v) is 6.22. The molecular weight excluding hydrogens is 344 g/mol. The molecule has 0 bridgehead atoms. The van der Waals surface area contributed by atoms with Gasteiger partial charge in [0.05, 0.1) is 5.69 Å². The summed E-state index contributed by atoms with van der Waals surface area (Å²) in [6, 6.07) is 11.9. The average molecular weight is 360 g/mol. The van der Waals surface area contributed by atoms with Gasteiger partial charge in [-0.3, -0.25) is 4.57 Å². The normalized spacial score (nSPS) is 12.9. The molecule has 134 valence electrons. The van der Waals surface area contributed by atoms with Crippen LogP contribution >= 0.6 is 0 Å². The first-order valence-corrected chi connectivity index (χ1v) is 8.58. The zero-order valence-electron chi connectivity index (χ0n) is 14.6. The van der Waals surface area contributed by atoms with Gasteiger partial charge in [0, 0.05) is 23.5 Å². The summed E-state index contributed by atoms with van der Waals surface area (Å²) < 4.78 is 13.4. The number of H-pyrrole nitrogens is 1. The Kier molecular flexibility index (Phi) is 3.60. The number of imidazole rings is 1. The minimum atomic E-state index is 0.552. The Hall–Kier alpha value is -3.68. The molecule has 0 unspecified atom stereocenters. The topological polar surface area (TPSA) is 90.7 Å². The highest BCUT2D eigenvalue weighted by Gasteiger charge is 2.16. The van der Waals surface area contributed by atoms with Crippen LogP contribution in [-0.2, 0) is 0 Å². The lowest BCUT2D eigenvalue weighted by molar-refractivity contribution is 0.171. The van der Waals surface area contributed by atoms with E-state index < -0.39 is 0 Å². The monoisotopic (exact) mass is 360 g/mol. The number of hydrogen-bond donors (Lipinski definition) is 1. The smallest absolute Gasteiger partial charge is 0.204 e. The third kappa shape index (κ3) is 2.71. The van der Waals surface area contributed by atoms with Crippen molar-refractivity contribution in [3.8, 4) is 40.0 Å². The Labute approximate surface area is 154 Å². The van der Waals surface area contributed by atoms with Gasteiger partial charge in [-0.1, -0.05) is 12.1 Å². The third-order valence-electron chi connectivity index (χ3n) is 4.51. The molecule has 27 heavy (non-hydrogen) atoms. The van der Waals surface area contributed by atoms with Crippen LogP contribution in [0.2, 0.25) is 0 Å². The number of aryl methyl sites for hydroxylation is 1. The summed E-state index contributed by atoms with van der Waals surface area (Å²) in [5.41, 5.74) is 3.94. The molecule has 0 atom stereocenters. The molecule has 0 saturated carbocycles. The van der Waals surface area contributed by atoms with Gasteiger partial charge >= 0.3 is 0 Å². The van der Waals surface area contributed by atoms with E-state index >= 15 is 0 Å². The molecule has 0 radical (unpaired) electrons. The lowest BCUT2D eigenvalue weighted by Gasteiger charge is -2.19. The van der Waals surface area contributed by atoms with Crippen molar-refractivity contribution in [2.45, 2.75) is 6.92 Å². The summed E-state index contributed by atoms with van der Waals surface area (Å²) in [5.74, 6) is 2.88. The molecule has 5 rings (SSSR count). The van der Waals surface area contributed by atoms with E-state index in [4.69, 9.17) is 9.47 Å². The summed E-state index contributed by atoms with van der Waals surface area (Å²) in [6.07, 6.45) is 3.72. The lowest BCUT2D eigenvalue weighted by atomic mass is 10.1. The van der Waals surface area contributed by atoms with Crippen LogP contribution < -0.4 is 9.47 Å². The maximum atomic E-state index is 5.71. The Morgan fingerprint density at radius 2 is 1.85 bits per heavy atom. The summed E-state index contributed by atoms with van der Waals surface area (Å²) in [5, 5.41) is 14.3. The Morgan fingerprint density at radius 3 is 2.70 bits per heavy atom. The molecule has 8 nitrogen and oxygen atoms in total. The Bertz CT molecular complexity index is 1100. The van der Waals surface area contributed by atoms with Gasteiger partial charge in [-0.25, -0.2) is 4.98 Å². The highest BCUT2D eigenvalue weighted by atomic mass is 16.6. The zero-order valence-corrected chi connectivity index (χ0v) is 14.6. The van der Waals surface area contributed by atoms with Crippen molar-refractivity contribution < 1.29 is 9.47 Å². The van der Waals surface area contributed by atoms with Crippen LogP contribution in [0.4, 0.5) is 0 Å². The number of rotatable bonds is 3. The molecule has 1 aliphatic rings. The summed E-state index contributed by atoms with van der Waals surface area (Å²) in [7, 11) is 0. The lowest BCUT2D eigenvalue weighted by Crippen LogP contribution is -2.15. The number of ether oxygens (including phenoxy) is 2. The van der Waals surface area contributed by atoms with Crippen LogP contribution in [0.25, 0.3) is 28.5 Å². The number of aromatic nitrogens is 6. The zero-order chi connectivity index (χ0) is 18.2. The van der Waals surface area contributed by atoms with Gasteiger partial charge in [0.25, 0.3) is 0 Å². The van der Waals surface area contributed by atoms with Gasteiger partial charge in [0.2, 0.25) is 5.82 Å². The molecule has 4 aromatic rings. The Morgan fingerprint density at radius 1 is 1.00 bits per heavy atom. The molecule has 1 aliphatic heterocycles. The maximum Gasteiger partial charge on any atom is 0.204 e. The average Bonchev–Trinajstić information content (AvgIpc) is 3.40. The molecule has 0 spiro atoms. The first-order valence-electron chi connectivity index (χ1n) is 8.58. The van der Waals surface area contributed by atoms with E-state index in [0.29, 0.717) is 19.0 Å². The first-order chi connectivity index (χ1) is 13.3.